The summed E-state index contributed by atoms with van der Waals surface area (Å²) in [5.74, 6) is 0.938. The van der Waals surface area contributed by atoms with Gasteiger partial charge in [0.1, 0.15) is 6.23 Å². The Labute approximate surface area is 208 Å². The largest absolute Gasteiger partial charge is 0.358 e. The summed E-state index contributed by atoms with van der Waals surface area (Å²) >= 11 is 0. The number of nitrogens with zero attached hydrogens (tertiary/aromatic N) is 4. The first-order chi connectivity index (χ1) is 17.8. The van der Waals surface area contributed by atoms with E-state index in [9.17, 15) is 0 Å². The summed E-state index contributed by atoms with van der Waals surface area (Å²) in [6.45, 7) is 2.97. The molecule has 8 rings (SSSR count). The van der Waals surface area contributed by atoms with Crippen LogP contribution in [0.15, 0.2) is 84.9 Å². The van der Waals surface area contributed by atoms with Gasteiger partial charge in [-0.15, -0.1) is 0 Å². The Morgan fingerprint density at radius 1 is 0.750 bits per heavy atom. The van der Waals surface area contributed by atoms with Crippen LogP contribution in [0.1, 0.15) is 31.1 Å². The van der Waals surface area contributed by atoms with Crippen LogP contribution in [0, 0.1) is 6.92 Å². The fourth-order valence-corrected chi connectivity index (χ4v) is 6.13. The maximum absolute atomic E-state index is 6.30. The van der Waals surface area contributed by atoms with E-state index in [1.807, 2.05) is 0 Å². The molecule has 1 unspecified atom stereocenters. The minimum atomic E-state index is 0.0643. The van der Waals surface area contributed by atoms with Crippen LogP contribution < -0.4 is 0 Å². The Morgan fingerprint density at radius 3 is 2.47 bits per heavy atom. The molecule has 1 aliphatic rings. The van der Waals surface area contributed by atoms with E-state index in [1.54, 1.807) is 0 Å². The second kappa shape index (κ2) is 7.45. The van der Waals surface area contributed by atoms with Crippen molar-refractivity contribution in [2.45, 2.75) is 32.4 Å². The third-order valence-corrected chi connectivity index (χ3v) is 7.75. The molecule has 4 heterocycles. The summed E-state index contributed by atoms with van der Waals surface area (Å²) in [5, 5.41) is 2.54. The first kappa shape index (κ1) is 20.1. The number of benzene rings is 4. The molecule has 3 aromatic heterocycles. The maximum atomic E-state index is 6.30. The van der Waals surface area contributed by atoms with Crippen LogP contribution in [0.5, 0.6) is 0 Å². The number of para-hydroxylation sites is 3. The van der Waals surface area contributed by atoms with E-state index in [0.29, 0.717) is 0 Å². The van der Waals surface area contributed by atoms with Gasteiger partial charge in [-0.25, -0.2) is 4.98 Å². The van der Waals surface area contributed by atoms with Crippen molar-refractivity contribution in [1.82, 2.24) is 18.5 Å². The molecule has 7 aromatic rings. The summed E-state index contributed by atoms with van der Waals surface area (Å²) in [5.41, 5.74) is 9.28. The van der Waals surface area contributed by atoms with Crippen LogP contribution in [-0.2, 0) is 4.74 Å². The Bertz CT molecular complexity index is 1950. The van der Waals surface area contributed by atoms with Crippen molar-refractivity contribution in [2.24, 2.45) is 0 Å². The molecule has 0 radical (unpaired) electrons. The number of rotatable bonds is 2. The summed E-state index contributed by atoms with van der Waals surface area (Å²) in [4.78, 5) is 5.09. The predicted molar refractivity (Wildman–Crippen MR) is 146 cm³/mol. The summed E-state index contributed by atoms with van der Waals surface area (Å²) in [6, 6.07) is 30.6. The molecule has 0 aliphatic carbocycles. The molecule has 1 atom stereocenters. The molecule has 1 aliphatic heterocycles. The molecule has 0 saturated carbocycles. The van der Waals surface area contributed by atoms with Crippen LogP contribution in [-0.4, -0.2) is 25.1 Å². The quantitative estimate of drug-likeness (QED) is 0.262. The van der Waals surface area contributed by atoms with Crippen molar-refractivity contribution in [3.8, 4) is 5.69 Å². The highest BCUT2D eigenvalue weighted by Crippen LogP contribution is 2.37. The maximum Gasteiger partial charge on any atom is 0.220 e. The zero-order valence-corrected chi connectivity index (χ0v) is 20.2. The van der Waals surface area contributed by atoms with Crippen LogP contribution in [0.3, 0.4) is 0 Å². The minimum Gasteiger partial charge on any atom is -0.358 e. The van der Waals surface area contributed by atoms with E-state index in [2.05, 4.69) is 105 Å². The first-order valence-corrected chi connectivity index (χ1v) is 12.8. The highest BCUT2D eigenvalue weighted by molar-refractivity contribution is 6.09. The van der Waals surface area contributed by atoms with Gasteiger partial charge in [0.05, 0.1) is 38.8 Å². The van der Waals surface area contributed by atoms with Gasteiger partial charge < -0.3 is 9.30 Å². The van der Waals surface area contributed by atoms with Crippen molar-refractivity contribution < 1.29 is 4.74 Å². The summed E-state index contributed by atoms with van der Waals surface area (Å²) < 4.78 is 13.3. The molecule has 36 heavy (non-hydrogen) atoms. The van der Waals surface area contributed by atoms with E-state index in [-0.39, 0.29) is 6.23 Å². The lowest BCUT2D eigenvalue weighted by Crippen LogP contribution is -2.17. The first-order valence-electron chi connectivity index (χ1n) is 12.8. The van der Waals surface area contributed by atoms with Crippen LogP contribution in [0.2, 0.25) is 0 Å². The van der Waals surface area contributed by atoms with Gasteiger partial charge in [-0.05, 0) is 74.2 Å². The van der Waals surface area contributed by atoms with Crippen molar-refractivity contribution in [3.63, 3.8) is 0 Å². The minimum absolute atomic E-state index is 0.0643. The van der Waals surface area contributed by atoms with E-state index >= 15 is 0 Å². The zero-order chi connectivity index (χ0) is 23.8. The topological polar surface area (TPSA) is 36.4 Å². The van der Waals surface area contributed by atoms with E-state index < -0.39 is 0 Å². The number of fused-ring (bicyclic) bond motifs is 8. The SMILES string of the molecule is Cc1ccc2c(c1)n1c3ccccc3nc1n2-c1ccc2c3ccccc3n(C3CCCCO3)c2c1. The van der Waals surface area contributed by atoms with E-state index in [4.69, 9.17) is 9.72 Å². The molecule has 0 amide bonds. The molecule has 5 heteroatoms. The fraction of sp³-hybridized carbons (Fsp3) is 0.194. The number of aryl methyl sites for hydroxylation is 1. The van der Waals surface area contributed by atoms with E-state index in [1.165, 1.54) is 39.3 Å². The smallest absolute Gasteiger partial charge is 0.220 e. The highest BCUT2D eigenvalue weighted by atomic mass is 16.5. The number of aromatic nitrogens is 4. The third kappa shape index (κ3) is 2.72. The number of hydrogen-bond acceptors (Lipinski definition) is 2. The van der Waals surface area contributed by atoms with Crippen LogP contribution in [0.25, 0.3) is 55.3 Å². The van der Waals surface area contributed by atoms with Crippen molar-refractivity contribution in [3.05, 3.63) is 90.5 Å². The lowest BCUT2D eigenvalue weighted by molar-refractivity contribution is -0.0267. The summed E-state index contributed by atoms with van der Waals surface area (Å²) in [6.07, 6.45) is 3.44. The second-order valence-corrected chi connectivity index (χ2v) is 9.97. The Balaban J connectivity index is 1.47. The van der Waals surface area contributed by atoms with E-state index in [0.717, 1.165) is 47.5 Å². The number of hydrogen-bond donors (Lipinski definition) is 0. The van der Waals surface area contributed by atoms with Crippen LogP contribution >= 0.6 is 0 Å². The molecule has 1 fully saturated rings. The molecule has 0 N–H and O–H groups in total. The molecular formula is C31H26N4O. The Kier molecular flexibility index (Phi) is 4.17. The molecule has 4 aromatic carbocycles. The standard InChI is InChI=1S/C31H26N4O/c1-20-13-16-27-29(18-20)35-26-11-5-3-9-24(26)32-31(35)33(27)21-14-15-23-22-8-2-4-10-25(22)34(28(23)19-21)30-12-6-7-17-36-30/h2-5,8-11,13-16,18-19,30H,6-7,12,17H2,1H3. The monoisotopic (exact) mass is 470 g/mol. The van der Waals surface area contributed by atoms with Gasteiger partial charge in [-0.1, -0.05) is 42.5 Å². The fourth-order valence-electron chi connectivity index (χ4n) is 6.13. The van der Waals surface area contributed by atoms with Crippen molar-refractivity contribution >= 4 is 49.7 Å². The predicted octanol–water partition coefficient (Wildman–Crippen LogP) is 7.55. The lowest BCUT2D eigenvalue weighted by Gasteiger charge is -2.26. The average Bonchev–Trinajstić information content (AvgIpc) is 3.55. The van der Waals surface area contributed by atoms with Gasteiger partial charge in [-0.3, -0.25) is 8.97 Å². The van der Waals surface area contributed by atoms with Gasteiger partial charge in [0.15, 0.2) is 0 Å². The highest BCUT2D eigenvalue weighted by Gasteiger charge is 2.23. The molecule has 5 nitrogen and oxygen atoms in total. The van der Waals surface area contributed by atoms with Gasteiger partial charge >= 0.3 is 0 Å². The molecule has 0 bridgehead atoms. The average molecular weight is 471 g/mol. The second-order valence-electron chi connectivity index (χ2n) is 9.97. The van der Waals surface area contributed by atoms with Gasteiger partial charge in [0.2, 0.25) is 5.78 Å². The van der Waals surface area contributed by atoms with Crippen LogP contribution in [0.4, 0.5) is 0 Å². The molecular weight excluding hydrogens is 444 g/mol. The number of ether oxygens (including phenoxy) is 1. The van der Waals surface area contributed by atoms with Crippen molar-refractivity contribution in [2.75, 3.05) is 6.61 Å². The molecule has 0 spiro atoms. The normalized spacial score (nSPS) is 16.8. The molecule has 176 valence electrons. The number of imidazole rings is 2. The molecule has 1 saturated heterocycles. The van der Waals surface area contributed by atoms with Gasteiger partial charge in [0, 0.05) is 17.4 Å². The zero-order valence-electron chi connectivity index (χ0n) is 20.2. The third-order valence-electron chi connectivity index (χ3n) is 7.75. The van der Waals surface area contributed by atoms with Gasteiger partial charge in [0.25, 0.3) is 0 Å². The Hall–Kier alpha value is -4.09. The summed E-state index contributed by atoms with van der Waals surface area (Å²) in [7, 11) is 0. The lowest BCUT2D eigenvalue weighted by atomic mass is 10.1. The van der Waals surface area contributed by atoms with Crippen molar-refractivity contribution in [1.29, 1.82) is 0 Å². The van der Waals surface area contributed by atoms with Gasteiger partial charge in [-0.2, -0.15) is 0 Å². The Morgan fingerprint density at radius 2 is 1.58 bits per heavy atom.